The molecule has 0 aliphatic carbocycles. The van der Waals surface area contributed by atoms with Gasteiger partial charge in [-0.2, -0.15) is 0 Å². The van der Waals surface area contributed by atoms with Gasteiger partial charge in [0.05, 0.1) is 28.4 Å². The standard InChI is InChI=1S/C34H28O9/c35-30(23-13-5-1-6-14-23)39-22-27-21-28(41-31(36)24-15-7-2-8-16-24)29(42-32(37)25-17-9-3-10-18-25)34(40-27)43-33(38)26-19-11-4-12-20-26/h1-20,27-29,34H,21-22H2/t27-,28-,29-,34+/m0/s1. The Bertz CT molecular complexity index is 1460. The maximum absolute atomic E-state index is 13.1. The van der Waals surface area contributed by atoms with Gasteiger partial charge in [0.25, 0.3) is 0 Å². The number of ether oxygens (including phenoxy) is 5. The Balaban J connectivity index is 1.42. The molecular formula is C34H28O9. The van der Waals surface area contributed by atoms with E-state index >= 15 is 0 Å². The summed E-state index contributed by atoms with van der Waals surface area (Å²) in [5.74, 6) is -2.75. The zero-order chi connectivity index (χ0) is 30.0. The number of carbonyl (C=O) groups is 4. The van der Waals surface area contributed by atoms with Crippen LogP contribution in [0.4, 0.5) is 0 Å². The Morgan fingerprint density at radius 1 is 0.535 bits per heavy atom. The molecule has 0 bridgehead atoms. The van der Waals surface area contributed by atoms with Crippen LogP contribution in [0.1, 0.15) is 47.9 Å². The summed E-state index contributed by atoms with van der Waals surface area (Å²) in [5.41, 5.74) is 1.08. The van der Waals surface area contributed by atoms with Crippen molar-refractivity contribution in [3.8, 4) is 0 Å². The molecule has 0 N–H and O–H groups in total. The molecular weight excluding hydrogens is 552 g/mol. The van der Waals surface area contributed by atoms with Gasteiger partial charge in [-0.05, 0) is 48.5 Å². The molecule has 1 aliphatic heterocycles. The summed E-state index contributed by atoms with van der Waals surface area (Å²) in [6.45, 7) is -0.244. The van der Waals surface area contributed by atoms with Crippen LogP contribution in [0.5, 0.6) is 0 Å². The van der Waals surface area contributed by atoms with Gasteiger partial charge in [-0.3, -0.25) is 0 Å². The van der Waals surface area contributed by atoms with Gasteiger partial charge in [-0.1, -0.05) is 72.8 Å². The summed E-state index contributed by atoms with van der Waals surface area (Å²) in [7, 11) is 0. The lowest BCUT2D eigenvalue weighted by Crippen LogP contribution is -2.54. The highest BCUT2D eigenvalue weighted by atomic mass is 16.7. The maximum Gasteiger partial charge on any atom is 0.340 e. The minimum atomic E-state index is -1.50. The molecule has 9 heteroatoms. The predicted octanol–water partition coefficient (Wildman–Crippen LogP) is 5.27. The summed E-state index contributed by atoms with van der Waals surface area (Å²) in [6, 6.07) is 33.1. The minimum Gasteiger partial charge on any atom is -0.459 e. The molecule has 0 radical (unpaired) electrons. The van der Waals surface area contributed by atoms with Gasteiger partial charge in [0, 0.05) is 6.42 Å². The van der Waals surface area contributed by atoms with Crippen LogP contribution < -0.4 is 0 Å². The fourth-order valence-electron chi connectivity index (χ4n) is 4.46. The molecule has 43 heavy (non-hydrogen) atoms. The predicted molar refractivity (Wildman–Crippen MR) is 153 cm³/mol. The first-order valence-electron chi connectivity index (χ1n) is 13.6. The van der Waals surface area contributed by atoms with Crippen molar-refractivity contribution in [1.29, 1.82) is 0 Å². The monoisotopic (exact) mass is 580 g/mol. The van der Waals surface area contributed by atoms with E-state index in [-0.39, 0.29) is 29.7 Å². The second kappa shape index (κ2) is 14.1. The molecule has 4 aromatic carbocycles. The number of carbonyl (C=O) groups excluding carboxylic acids is 4. The zero-order valence-corrected chi connectivity index (χ0v) is 22.9. The summed E-state index contributed by atoms with van der Waals surface area (Å²) in [4.78, 5) is 52.0. The zero-order valence-electron chi connectivity index (χ0n) is 22.9. The SMILES string of the molecule is O=C(OC[C@@H]1C[C@H](OC(=O)c2ccccc2)[C@H](OC(=O)c2ccccc2)[C@@H](OC(=O)c2ccccc2)O1)c1ccccc1. The lowest BCUT2D eigenvalue weighted by molar-refractivity contribution is -0.250. The Labute approximate surface area is 247 Å². The third kappa shape index (κ3) is 7.72. The van der Waals surface area contributed by atoms with Crippen LogP contribution in [0, 0.1) is 0 Å². The van der Waals surface area contributed by atoms with Crippen LogP contribution in [0.15, 0.2) is 121 Å². The molecule has 1 aliphatic rings. The first-order valence-corrected chi connectivity index (χ1v) is 13.6. The molecule has 0 amide bonds. The molecule has 1 heterocycles. The normalized spacial score (nSPS) is 19.4. The molecule has 1 saturated heterocycles. The summed E-state index contributed by atoms with van der Waals surface area (Å²) in [5, 5.41) is 0. The molecule has 5 rings (SSSR count). The lowest BCUT2D eigenvalue weighted by atomic mass is 10.0. The van der Waals surface area contributed by atoms with Crippen LogP contribution in [0.3, 0.4) is 0 Å². The highest BCUT2D eigenvalue weighted by Crippen LogP contribution is 2.29. The van der Waals surface area contributed by atoms with Gasteiger partial charge in [-0.25, -0.2) is 19.2 Å². The maximum atomic E-state index is 13.1. The van der Waals surface area contributed by atoms with Crippen molar-refractivity contribution < 1.29 is 42.9 Å². The highest BCUT2D eigenvalue weighted by Gasteiger charge is 2.46. The number of hydrogen-bond acceptors (Lipinski definition) is 9. The molecule has 9 nitrogen and oxygen atoms in total. The van der Waals surface area contributed by atoms with E-state index in [1.165, 1.54) is 0 Å². The van der Waals surface area contributed by atoms with E-state index in [1.54, 1.807) is 121 Å². The van der Waals surface area contributed by atoms with Crippen LogP contribution in [0.25, 0.3) is 0 Å². The van der Waals surface area contributed by atoms with E-state index in [0.29, 0.717) is 5.56 Å². The van der Waals surface area contributed by atoms with Crippen molar-refractivity contribution in [2.24, 2.45) is 0 Å². The van der Waals surface area contributed by atoms with E-state index in [4.69, 9.17) is 23.7 Å². The summed E-state index contributed by atoms with van der Waals surface area (Å²) < 4.78 is 28.8. The van der Waals surface area contributed by atoms with E-state index in [1.807, 2.05) is 0 Å². The van der Waals surface area contributed by atoms with Crippen molar-refractivity contribution in [3.63, 3.8) is 0 Å². The van der Waals surface area contributed by atoms with Gasteiger partial charge < -0.3 is 23.7 Å². The smallest absolute Gasteiger partial charge is 0.340 e. The lowest BCUT2D eigenvalue weighted by Gasteiger charge is -2.39. The second-order valence-electron chi connectivity index (χ2n) is 9.64. The van der Waals surface area contributed by atoms with Gasteiger partial charge in [0.1, 0.15) is 12.7 Å². The first kappa shape index (κ1) is 29.2. The Hall–Kier alpha value is -5.28. The van der Waals surface area contributed by atoms with Crippen LogP contribution in [0.2, 0.25) is 0 Å². The fraction of sp³-hybridized carbons (Fsp3) is 0.176. The quantitative estimate of drug-likeness (QED) is 0.193. The number of hydrogen-bond donors (Lipinski definition) is 0. The second-order valence-corrected chi connectivity index (χ2v) is 9.64. The summed E-state index contributed by atoms with van der Waals surface area (Å²) >= 11 is 0. The molecule has 0 saturated carbocycles. The van der Waals surface area contributed by atoms with Gasteiger partial charge in [-0.15, -0.1) is 0 Å². The molecule has 218 valence electrons. The molecule has 4 aromatic rings. The number of rotatable bonds is 9. The minimum absolute atomic E-state index is 0.0211. The van der Waals surface area contributed by atoms with Crippen LogP contribution in [-0.2, 0) is 23.7 Å². The Morgan fingerprint density at radius 2 is 0.930 bits per heavy atom. The Kier molecular flexibility index (Phi) is 9.56. The molecule has 0 aromatic heterocycles. The van der Waals surface area contributed by atoms with Crippen molar-refractivity contribution >= 4 is 23.9 Å². The average Bonchev–Trinajstić information content (AvgIpc) is 3.06. The van der Waals surface area contributed by atoms with Gasteiger partial charge in [0.2, 0.25) is 12.4 Å². The molecule has 0 spiro atoms. The highest BCUT2D eigenvalue weighted by molar-refractivity contribution is 5.91. The third-order valence-corrected chi connectivity index (χ3v) is 6.62. The summed E-state index contributed by atoms with van der Waals surface area (Å²) in [6.07, 6.45) is -4.85. The van der Waals surface area contributed by atoms with E-state index in [9.17, 15) is 19.2 Å². The van der Waals surface area contributed by atoms with Crippen LogP contribution >= 0.6 is 0 Å². The van der Waals surface area contributed by atoms with E-state index < -0.39 is 48.5 Å². The molecule has 1 fully saturated rings. The number of esters is 4. The molecule has 0 unspecified atom stereocenters. The van der Waals surface area contributed by atoms with Gasteiger partial charge >= 0.3 is 23.9 Å². The van der Waals surface area contributed by atoms with Crippen molar-refractivity contribution in [1.82, 2.24) is 0 Å². The topological polar surface area (TPSA) is 114 Å². The van der Waals surface area contributed by atoms with Crippen LogP contribution in [-0.4, -0.2) is 55.1 Å². The first-order chi connectivity index (χ1) is 21.0. The molecule has 4 atom stereocenters. The van der Waals surface area contributed by atoms with Crippen molar-refractivity contribution in [2.45, 2.75) is 31.0 Å². The van der Waals surface area contributed by atoms with Crippen molar-refractivity contribution in [2.75, 3.05) is 6.61 Å². The average molecular weight is 581 g/mol. The third-order valence-electron chi connectivity index (χ3n) is 6.62. The largest absolute Gasteiger partial charge is 0.459 e. The van der Waals surface area contributed by atoms with Gasteiger partial charge in [0.15, 0.2) is 0 Å². The van der Waals surface area contributed by atoms with Crippen molar-refractivity contribution in [3.05, 3.63) is 144 Å². The van der Waals surface area contributed by atoms with E-state index in [0.717, 1.165) is 0 Å². The van der Waals surface area contributed by atoms with E-state index in [2.05, 4.69) is 0 Å². The number of benzene rings is 4. The fourth-order valence-corrected chi connectivity index (χ4v) is 4.46. The Morgan fingerprint density at radius 3 is 1.40 bits per heavy atom.